The molecule has 15 nitrogen and oxygen atoms in total. The highest BCUT2D eigenvalue weighted by Gasteiger charge is 2.41. The molecule has 1 amide bonds. The van der Waals surface area contributed by atoms with E-state index in [1.165, 1.54) is 29.0 Å². The van der Waals surface area contributed by atoms with Gasteiger partial charge in [0.2, 0.25) is 5.91 Å². The number of nitrogens with one attached hydrogen (secondary N) is 1. The molecule has 56 heavy (non-hydrogen) atoms. The zero-order chi connectivity index (χ0) is 38.5. The van der Waals surface area contributed by atoms with Gasteiger partial charge in [0.25, 0.3) is 0 Å². The molecule has 288 valence electrons. The summed E-state index contributed by atoms with van der Waals surface area (Å²) in [5.74, 6) is 1.01. The Morgan fingerprint density at radius 1 is 1.04 bits per heavy atom. The summed E-state index contributed by atoms with van der Waals surface area (Å²) in [5, 5.41) is 8.78. The van der Waals surface area contributed by atoms with E-state index in [1.54, 1.807) is 24.3 Å². The number of carbonyl (C=O) groups excluding carboxylic acids is 1. The van der Waals surface area contributed by atoms with Gasteiger partial charge in [0.1, 0.15) is 65.5 Å². The van der Waals surface area contributed by atoms with E-state index in [4.69, 9.17) is 39.1 Å². The van der Waals surface area contributed by atoms with E-state index in [-0.39, 0.29) is 37.0 Å². The molecule has 9 rings (SSSR count). The van der Waals surface area contributed by atoms with Gasteiger partial charge in [-0.15, -0.1) is 0 Å². The lowest BCUT2D eigenvalue weighted by atomic mass is 10.1. The maximum Gasteiger partial charge on any atom is 0.245 e. The van der Waals surface area contributed by atoms with Crippen molar-refractivity contribution in [3.63, 3.8) is 0 Å². The number of aryl methyl sites for hydroxylation is 1. The molecule has 5 aromatic heterocycles. The smallest absolute Gasteiger partial charge is 0.245 e. The van der Waals surface area contributed by atoms with Crippen molar-refractivity contribution in [2.45, 2.75) is 51.6 Å². The van der Waals surface area contributed by atoms with Gasteiger partial charge in [0.05, 0.1) is 47.6 Å². The number of carbonyl (C=O) groups is 1. The highest BCUT2D eigenvalue weighted by molar-refractivity contribution is 5.93. The zero-order valence-electron chi connectivity index (χ0n) is 31.0. The predicted molar refractivity (Wildman–Crippen MR) is 203 cm³/mol. The molecule has 3 aliphatic rings. The van der Waals surface area contributed by atoms with Gasteiger partial charge in [0.15, 0.2) is 11.5 Å². The third-order valence-electron chi connectivity index (χ3n) is 10.3. The highest BCUT2D eigenvalue weighted by Crippen LogP contribution is 2.36. The molecule has 0 saturated carbocycles. The molecule has 1 aromatic carbocycles. The zero-order valence-corrected chi connectivity index (χ0v) is 31.0. The second kappa shape index (κ2) is 14.5. The SMILES string of the molecule is CCO[C@H]1CN(C)C(=O)[C@@H]2C[C@@H](CN2c2nc3nc4c2cnn4-c2ccc(F)cc2OC/C(F)=C\COC3)Nc2cccc(n2)-c2nccc3nc(C)n(c23)C1. The lowest BCUT2D eigenvalue weighted by molar-refractivity contribution is -0.133. The van der Waals surface area contributed by atoms with E-state index in [1.807, 2.05) is 43.0 Å². The summed E-state index contributed by atoms with van der Waals surface area (Å²) in [7, 11) is 1.79. The van der Waals surface area contributed by atoms with Gasteiger partial charge in [-0.3, -0.25) is 9.78 Å². The average Bonchev–Trinajstić information content (AvgIpc) is 3.90. The van der Waals surface area contributed by atoms with Crippen LogP contribution in [0.25, 0.3) is 39.1 Å². The number of fused-ring (bicyclic) bond motifs is 8. The molecule has 1 fully saturated rings. The predicted octanol–water partition coefficient (Wildman–Crippen LogP) is 4.77. The lowest BCUT2D eigenvalue weighted by Crippen LogP contribution is -2.47. The van der Waals surface area contributed by atoms with Gasteiger partial charge < -0.3 is 33.9 Å². The summed E-state index contributed by atoms with van der Waals surface area (Å²) in [6.45, 7) is 4.92. The molecule has 1 saturated heterocycles. The van der Waals surface area contributed by atoms with E-state index in [2.05, 4.69) is 15.0 Å². The number of amides is 1. The Morgan fingerprint density at radius 2 is 1.93 bits per heavy atom. The van der Waals surface area contributed by atoms with Crippen molar-refractivity contribution in [3.05, 3.63) is 84.2 Å². The summed E-state index contributed by atoms with van der Waals surface area (Å²) < 4.78 is 50.5. The third kappa shape index (κ3) is 6.55. The lowest BCUT2D eigenvalue weighted by Gasteiger charge is -2.31. The Morgan fingerprint density at radius 3 is 2.80 bits per heavy atom. The summed E-state index contributed by atoms with van der Waals surface area (Å²) in [6.07, 6.45) is 4.66. The molecule has 6 aromatic rings. The highest BCUT2D eigenvalue weighted by atomic mass is 19.1. The fraction of sp³-hybridized carbons (Fsp3) is 0.359. The molecule has 0 unspecified atom stereocenters. The molecule has 0 aliphatic carbocycles. The van der Waals surface area contributed by atoms with E-state index in [9.17, 15) is 13.6 Å². The van der Waals surface area contributed by atoms with E-state index in [0.717, 1.165) is 16.9 Å². The Kier molecular flexibility index (Phi) is 9.25. The van der Waals surface area contributed by atoms with Crippen molar-refractivity contribution in [2.24, 2.45) is 0 Å². The molecule has 8 heterocycles. The first-order valence-corrected chi connectivity index (χ1v) is 18.5. The maximum atomic E-state index is 14.7. The summed E-state index contributed by atoms with van der Waals surface area (Å²) >= 11 is 0. The summed E-state index contributed by atoms with van der Waals surface area (Å²) in [6, 6.07) is 10.7. The molecule has 3 aliphatic heterocycles. The van der Waals surface area contributed by atoms with Crippen LogP contribution in [0, 0.1) is 12.7 Å². The first kappa shape index (κ1) is 35.6. The van der Waals surface area contributed by atoms with Crippen LogP contribution in [0.5, 0.6) is 5.75 Å². The summed E-state index contributed by atoms with van der Waals surface area (Å²) in [4.78, 5) is 42.8. The maximum absolute atomic E-state index is 14.7. The van der Waals surface area contributed by atoms with E-state index >= 15 is 0 Å². The van der Waals surface area contributed by atoms with Crippen LogP contribution in [0.2, 0.25) is 0 Å². The van der Waals surface area contributed by atoms with Gasteiger partial charge in [-0.25, -0.2) is 33.4 Å². The van der Waals surface area contributed by atoms with Crippen molar-refractivity contribution in [3.8, 4) is 22.8 Å². The number of rotatable bonds is 3. The molecule has 0 radical (unpaired) electrons. The number of nitrogens with zero attached hydrogens (tertiary/aromatic N) is 10. The molecular weight excluding hydrogens is 724 g/mol. The van der Waals surface area contributed by atoms with Crippen LogP contribution in [0.15, 0.2) is 66.8 Å². The van der Waals surface area contributed by atoms with Crippen LogP contribution in [0.3, 0.4) is 0 Å². The van der Waals surface area contributed by atoms with E-state index < -0.39 is 24.3 Å². The number of likely N-dealkylation sites (N-methyl/N-ethyl adjacent to an activating group) is 1. The minimum atomic E-state index is -0.660. The minimum Gasteiger partial charge on any atom is -0.484 e. The van der Waals surface area contributed by atoms with Crippen molar-refractivity contribution in [2.75, 3.05) is 50.2 Å². The van der Waals surface area contributed by atoms with Gasteiger partial charge in [0, 0.05) is 45.0 Å². The second-order valence-electron chi connectivity index (χ2n) is 14.1. The van der Waals surface area contributed by atoms with Crippen molar-refractivity contribution < 1.29 is 27.8 Å². The van der Waals surface area contributed by atoms with Gasteiger partial charge in [-0.2, -0.15) is 5.10 Å². The fourth-order valence-corrected chi connectivity index (χ4v) is 7.81. The first-order chi connectivity index (χ1) is 27.2. The van der Waals surface area contributed by atoms with Gasteiger partial charge >= 0.3 is 0 Å². The Labute approximate surface area is 319 Å². The number of anilines is 2. The van der Waals surface area contributed by atoms with Crippen LogP contribution >= 0.6 is 0 Å². The normalized spacial score (nSPS) is 21.3. The Balaban J connectivity index is 1.16. The number of ether oxygens (including phenoxy) is 3. The minimum absolute atomic E-state index is 0.0493. The summed E-state index contributed by atoms with van der Waals surface area (Å²) in [5.41, 5.74) is 3.78. The van der Waals surface area contributed by atoms with Crippen LogP contribution in [0.1, 0.15) is 25.0 Å². The number of halogens is 2. The van der Waals surface area contributed by atoms with Crippen LogP contribution in [0.4, 0.5) is 20.4 Å². The topological polar surface area (TPSA) is 150 Å². The van der Waals surface area contributed by atoms with Crippen LogP contribution in [-0.4, -0.2) is 108 Å². The number of benzene rings is 1. The number of hydrogen-bond donors (Lipinski definition) is 1. The van der Waals surface area contributed by atoms with Gasteiger partial charge in [-0.1, -0.05) is 6.07 Å². The third-order valence-corrected chi connectivity index (χ3v) is 10.3. The van der Waals surface area contributed by atoms with Gasteiger partial charge in [-0.05, 0) is 56.7 Å². The average molecular weight is 764 g/mol. The van der Waals surface area contributed by atoms with Crippen molar-refractivity contribution in [1.29, 1.82) is 0 Å². The number of hydrogen-bond acceptors (Lipinski definition) is 12. The van der Waals surface area contributed by atoms with Crippen molar-refractivity contribution >= 4 is 39.6 Å². The molecule has 6 bridgehead atoms. The monoisotopic (exact) mass is 763 g/mol. The molecule has 1 N–H and O–H groups in total. The molecule has 3 atom stereocenters. The number of pyridine rings is 2. The number of aromatic nitrogens is 8. The molecule has 17 heteroatoms. The number of imidazole rings is 1. The standard InChI is InChI=1S/C39H39F2N11O4/c1-4-55-26-18-49(3)39(53)31-15-25(45-33-7-5-6-28(46-33)35-36-29(10-12-42-35)44-22(2)50(36)19-26)17-51(31)37-27-16-43-52-30-9-8-23(40)14-32(30)56-20-24(41)11-13-54-21-34(47-37)48-38(27)52/h5-12,14,16,25-26,31H,4,13,15,17-21H2,1-3H3,(H,45,46)/b24-11+/t25-,26-,31-/m0/s1. The Hall–Kier alpha value is -6.07. The Bertz CT molecular complexity index is 2500. The fourth-order valence-electron chi connectivity index (χ4n) is 7.81. The molecular formula is C39H39F2N11O4. The molecule has 0 spiro atoms. The quantitative estimate of drug-likeness (QED) is 0.265. The second-order valence-corrected chi connectivity index (χ2v) is 14.1. The largest absolute Gasteiger partial charge is 0.484 e. The first-order valence-electron chi connectivity index (χ1n) is 18.5. The van der Waals surface area contributed by atoms with Crippen molar-refractivity contribution in [1.82, 2.24) is 44.2 Å². The van der Waals surface area contributed by atoms with E-state index in [0.29, 0.717) is 78.2 Å². The van der Waals surface area contributed by atoms with Crippen LogP contribution in [-0.2, 0) is 27.4 Å². The van der Waals surface area contributed by atoms with Crippen LogP contribution < -0.4 is 15.0 Å².